The molecule has 0 amide bonds. The zero-order valence-electron chi connectivity index (χ0n) is 10.3. The van der Waals surface area contributed by atoms with Gasteiger partial charge in [0.05, 0.1) is 18.0 Å². The van der Waals surface area contributed by atoms with Crippen LogP contribution in [0.3, 0.4) is 0 Å². The molecular weight excluding hydrogens is 270 g/mol. The van der Waals surface area contributed by atoms with Gasteiger partial charge < -0.3 is 5.73 Å². The summed E-state index contributed by atoms with van der Waals surface area (Å²) in [4.78, 5) is 0. The fourth-order valence-electron chi connectivity index (χ4n) is 1.56. The van der Waals surface area contributed by atoms with Crippen LogP contribution in [-0.4, -0.2) is 33.8 Å². The number of hydrogen-bond acceptors (Lipinski definition) is 5. The van der Waals surface area contributed by atoms with E-state index >= 15 is 0 Å². The Morgan fingerprint density at radius 3 is 2.58 bits per heavy atom. The number of aromatic nitrogens is 4. The minimum Gasteiger partial charge on any atom is -0.384 e. The fraction of sp³-hybridized carbons (Fsp3) is 0.222. The smallest absolute Gasteiger partial charge is 0.280 e. The maximum atomic E-state index is 12.2. The van der Waals surface area contributed by atoms with Crippen molar-refractivity contribution in [2.45, 2.75) is 5.03 Å². The summed E-state index contributed by atoms with van der Waals surface area (Å²) in [6, 6.07) is 1.37. The van der Waals surface area contributed by atoms with Gasteiger partial charge in [-0.2, -0.15) is 18.6 Å². The van der Waals surface area contributed by atoms with E-state index in [0.29, 0.717) is 0 Å². The highest BCUT2D eigenvalue weighted by molar-refractivity contribution is 7.92. The van der Waals surface area contributed by atoms with Crippen molar-refractivity contribution < 1.29 is 8.42 Å². The summed E-state index contributed by atoms with van der Waals surface area (Å²) in [6.07, 6.45) is 2.70. The van der Waals surface area contributed by atoms with Crippen molar-refractivity contribution in [1.29, 1.82) is 5.41 Å². The highest BCUT2D eigenvalue weighted by Gasteiger charge is 2.22. The molecule has 2 heterocycles. The van der Waals surface area contributed by atoms with E-state index in [-0.39, 0.29) is 22.2 Å². The molecule has 2 aromatic rings. The summed E-state index contributed by atoms with van der Waals surface area (Å²) in [5, 5.41) is 15.1. The number of aryl methyl sites for hydroxylation is 2. The maximum absolute atomic E-state index is 12.2. The number of amidine groups is 1. The predicted octanol–water partition coefficient (Wildman–Crippen LogP) is -0.762. The second kappa shape index (κ2) is 4.39. The molecule has 0 saturated heterocycles. The third-order valence-electron chi connectivity index (χ3n) is 2.51. The van der Waals surface area contributed by atoms with E-state index < -0.39 is 10.0 Å². The lowest BCUT2D eigenvalue weighted by molar-refractivity contribution is 0.581. The highest BCUT2D eigenvalue weighted by Crippen LogP contribution is 2.18. The molecular formula is C9H13N7O2S. The van der Waals surface area contributed by atoms with E-state index in [9.17, 15) is 8.42 Å². The molecule has 0 saturated carbocycles. The second-order valence-corrected chi connectivity index (χ2v) is 5.47. The molecule has 0 atom stereocenters. The van der Waals surface area contributed by atoms with Crippen LogP contribution in [0.25, 0.3) is 0 Å². The van der Waals surface area contributed by atoms with Crippen molar-refractivity contribution in [1.82, 2.24) is 19.6 Å². The Labute approximate surface area is 109 Å². The first kappa shape index (κ1) is 13.1. The third-order valence-corrected chi connectivity index (χ3v) is 3.92. The molecule has 0 aliphatic rings. The van der Waals surface area contributed by atoms with Crippen molar-refractivity contribution in [2.24, 2.45) is 19.8 Å². The van der Waals surface area contributed by atoms with Crippen molar-refractivity contribution in [2.75, 3.05) is 4.72 Å². The monoisotopic (exact) mass is 283 g/mol. The van der Waals surface area contributed by atoms with E-state index in [0.717, 1.165) is 0 Å². The minimum atomic E-state index is -3.81. The molecule has 102 valence electrons. The predicted molar refractivity (Wildman–Crippen MR) is 68.2 cm³/mol. The number of sulfonamides is 1. The maximum Gasteiger partial charge on any atom is 0.280 e. The van der Waals surface area contributed by atoms with Gasteiger partial charge >= 0.3 is 0 Å². The lowest BCUT2D eigenvalue weighted by atomic mass is 10.3. The summed E-state index contributed by atoms with van der Waals surface area (Å²) in [5.41, 5.74) is 5.59. The van der Waals surface area contributed by atoms with E-state index in [2.05, 4.69) is 14.9 Å². The van der Waals surface area contributed by atoms with Crippen LogP contribution in [0.4, 0.5) is 5.82 Å². The van der Waals surface area contributed by atoms with Gasteiger partial charge in [-0.1, -0.05) is 0 Å². The lowest BCUT2D eigenvalue weighted by Gasteiger charge is -2.09. The quantitative estimate of drug-likeness (QED) is 0.501. The van der Waals surface area contributed by atoms with Crippen molar-refractivity contribution in [3.8, 4) is 0 Å². The van der Waals surface area contributed by atoms with Crippen LogP contribution >= 0.6 is 0 Å². The van der Waals surface area contributed by atoms with Gasteiger partial charge in [-0.3, -0.25) is 19.5 Å². The first-order chi connectivity index (χ1) is 8.83. The molecule has 0 radical (unpaired) electrons. The minimum absolute atomic E-state index is 0.00296. The summed E-state index contributed by atoms with van der Waals surface area (Å²) >= 11 is 0. The molecule has 0 bridgehead atoms. The van der Waals surface area contributed by atoms with E-state index in [1.165, 1.54) is 34.9 Å². The van der Waals surface area contributed by atoms with Crippen LogP contribution in [0.5, 0.6) is 0 Å². The molecule has 0 spiro atoms. The van der Waals surface area contributed by atoms with Crippen LogP contribution in [-0.2, 0) is 24.1 Å². The number of nitrogens with two attached hydrogens (primary N) is 1. The molecule has 10 heteroatoms. The number of anilines is 1. The third kappa shape index (κ3) is 2.29. The highest BCUT2D eigenvalue weighted by atomic mass is 32.2. The van der Waals surface area contributed by atoms with Gasteiger partial charge in [0.2, 0.25) is 0 Å². The Hall–Kier alpha value is -2.36. The first-order valence-electron chi connectivity index (χ1n) is 5.20. The van der Waals surface area contributed by atoms with E-state index in [1.54, 1.807) is 7.05 Å². The zero-order valence-corrected chi connectivity index (χ0v) is 11.1. The Bertz CT molecular complexity index is 728. The Kier molecular flexibility index (Phi) is 3.02. The molecule has 4 N–H and O–H groups in total. The molecule has 0 unspecified atom stereocenters. The van der Waals surface area contributed by atoms with Crippen molar-refractivity contribution in [3.63, 3.8) is 0 Å². The van der Waals surface area contributed by atoms with Crippen LogP contribution in [0.15, 0.2) is 23.5 Å². The van der Waals surface area contributed by atoms with Crippen molar-refractivity contribution >= 4 is 21.7 Å². The number of rotatable bonds is 4. The van der Waals surface area contributed by atoms with Gasteiger partial charge in [0.15, 0.2) is 5.03 Å². The molecule has 0 aromatic carbocycles. The SMILES string of the molecule is Cn1nccc1S(=O)(=O)Nc1c(C(=N)N)cnn1C. The van der Waals surface area contributed by atoms with Gasteiger partial charge in [-0.05, 0) is 6.07 Å². The van der Waals surface area contributed by atoms with Crippen LogP contribution in [0.1, 0.15) is 5.56 Å². The zero-order chi connectivity index (χ0) is 14.2. The van der Waals surface area contributed by atoms with Crippen molar-refractivity contribution in [3.05, 3.63) is 24.0 Å². The molecule has 9 nitrogen and oxygen atoms in total. The summed E-state index contributed by atoms with van der Waals surface area (Å²) in [5.74, 6) is -0.135. The summed E-state index contributed by atoms with van der Waals surface area (Å²) in [6.45, 7) is 0. The Balaban J connectivity index is 2.45. The van der Waals surface area contributed by atoms with Gasteiger partial charge in [0.25, 0.3) is 10.0 Å². The van der Waals surface area contributed by atoms with E-state index in [1.807, 2.05) is 0 Å². The molecule has 2 rings (SSSR count). The number of hydrogen-bond donors (Lipinski definition) is 3. The van der Waals surface area contributed by atoms with Gasteiger partial charge in [0, 0.05) is 14.1 Å². The largest absolute Gasteiger partial charge is 0.384 e. The average Bonchev–Trinajstić information content (AvgIpc) is 2.86. The van der Waals surface area contributed by atoms with Gasteiger partial charge in [-0.15, -0.1) is 0 Å². The molecule has 2 aromatic heterocycles. The first-order valence-corrected chi connectivity index (χ1v) is 6.68. The molecule has 0 fully saturated rings. The van der Waals surface area contributed by atoms with Gasteiger partial charge in [-0.25, -0.2) is 0 Å². The average molecular weight is 283 g/mol. The lowest BCUT2D eigenvalue weighted by Crippen LogP contribution is -2.21. The normalized spacial score (nSPS) is 11.5. The number of nitrogen functional groups attached to an aromatic ring is 1. The molecule has 0 aliphatic heterocycles. The Morgan fingerprint density at radius 1 is 1.37 bits per heavy atom. The summed E-state index contributed by atoms with van der Waals surface area (Å²) < 4.78 is 29.2. The van der Waals surface area contributed by atoms with E-state index in [4.69, 9.17) is 11.1 Å². The number of nitrogens with one attached hydrogen (secondary N) is 2. The van der Waals surface area contributed by atoms with Crippen LogP contribution < -0.4 is 10.5 Å². The Morgan fingerprint density at radius 2 is 2.05 bits per heavy atom. The number of nitrogens with zero attached hydrogens (tertiary/aromatic N) is 4. The van der Waals surface area contributed by atoms with Crippen LogP contribution in [0, 0.1) is 5.41 Å². The standard InChI is InChI=1S/C9H13N7O2S/c1-15-7(3-4-12-15)19(17,18)14-9-6(8(10)11)5-13-16(9)2/h3-5,14H,1-2H3,(H3,10,11). The fourth-order valence-corrected chi connectivity index (χ4v) is 2.80. The second-order valence-electron chi connectivity index (χ2n) is 3.84. The molecule has 0 aliphatic carbocycles. The van der Waals surface area contributed by atoms with Gasteiger partial charge in [0.1, 0.15) is 11.7 Å². The molecule has 19 heavy (non-hydrogen) atoms. The topological polar surface area (TPSA) is 132 Å². The van der Waals surface area contributed by atoms with Crippen LogP contribution in [0.2, 0.25) is 0 Å². The summed E-state index contributed by atoms with van der Waals surface area (Å²) in [7, 11) is -0.745.